The molecule has 160 valence electrons. The second kappa shape index (κ2) is 9.61. The molecule has 0 radical (unpaired) electrons. The first kappa shape index (κ1) is 20.9. The second-order valence-electron chi connectivity index (χ2n) is 6.89. The zero-order valence-electron chi connectivity index (χ0n) is 16.9. The summed E-state index contributed by atoms with van der Waals surface area (Å²) in [6.07, 6.45) is 0. The summed E-state index contributed by atoms with van der Waals surface area (Å²) < 4.78 is 15.9. The van der Waals surface area contributed by atoms with Crippen LogP contribution in [0, 0.1) is 0 Å². The fourth-order valence-electron chi connectivity index (χ4n) is 3.01. The Hall–Kier alpha value is -4.39. The molecule has 4 aromatic rings. The van der Waals surface area contributed by atoms with Gasteiger partial charge >= 0.3 is 11.6 Å². The highest BCUT2D eigenvalue weighted by Crippen LogP contribution is 2.21. The van der Waals surface area contributed by atoms with Crippen molar-refractivity contribution >= 4 is 22.8 Å². The number of carbonyl (C=O) groups excluding carboxylic acids is 2. The maximum atomic E-state index is 12.4. The molecule has 0 spiro atoms. The number of ether oxygens (including phenoxy) is 2. The van der Waals surface area contributed by atoms with Gasteiger partial charge in [0.2, 0.25) is 0 Å². The van der Waals surface area contributed by atoms with E-state index in [1.807, 2.05) is 36.4 Å². The fraction of sp³-hybridized carbons (Fsp3) is 0.0800. The SMILES string of the molecule is O=C(COc1ccccc1)Oc1ccc2cc(C(=O)NCc3ccccc3)c(=O)oc2c1. The molecule has 0 aliphatic rings. The lowest BCUT2D eigenvalue weighted by molar-refractivity contribution is -0.136. The number of hydrogen-bond donors (Lipinski definition) is 1. The lowest BCUT2D eigenvalue weighted by atomic mass is 10.1. The monoisotopic (exact) mass is 429 g/mol. The minimum atomic E-state index is -0.779. The quantitative estimate of drug-likeness (QED) is 0.273. The number of amides is 1. The number of carbonyl (C=O) groups is 2. The zero-order chi connectivity index (χ0) is 22.3. The molecule has 0 unspecified atom stereocenters. The van der Waals surface area contributed by atoms with Gasteiger partial charge in [0.05, 0.1) is 0 Å². The van der Waals surface area contributed by atoms with E-state index in [-0.39, 0.29) is 30.0 Å². The summed E-state index contributed by atoms with van der Waals surface area (Å²) in [6, 6.07) is 24.3. The van der Waals surface area contributed by atoms with Crippen molar-refractivity contribution < 1.29 is 23.5 Å². The Labute approximate surface area is 183 Å². The summed E-state index contributed by atoms with van der Waals surface area (Å²) in [7, 11) is 0. The molecular formula is C25H19NO6. The zero-order valence-corrected chi connectivity index (χ0v) is 16.9. The highest BCUT2D eigenvalue weighted by atomic mass is 16.6. The predicted molar refractivity (Wildman–Crippen MR) is 118 cm³/mol. The van der Waals surface area contributed by atoms with Gasteiger partial charge in [-0.1, -0.05) is 48.5 Å². The van der Waals surface area contributed by atoms with E-state index in [0.717, 1.165) is 5.56 Å². The summed E-state index contributed by atoms with van der Waals surface area (Å²) in [5, 5.41) is 3.23. The van der Waals surface area contributed by atoms with E-state index in [4.69, 9.17) is 13.9 Å². The van der Waals surface area contributed by atoms with Crippen molar-refractivity contribution in [2.45, 2.75) is 6.54 Å². The fourth-order valence-corrected chi connectivity index (χ4v) is 3.01. The Morgan fingerprint density at radius 3 is 2.31 bits per heavy atom. The van der Waals surface area contributed by atoms with Crippen molar-refractivity contribution in [2.75, 3.05) is 6.61 Å². The van der Waals surface area contributed by atoms with Gasteiger partial charge in [0.1, 0.15) is 22.6 Å². The van der Waals surface area contributed by atoms with Crippen molar-refractivity contribution in [3.63, 3.8) is 0 Å². The molecule has 0 fully saturated rings. The van der Waals surface area contributed by atoms with Gasteiger partial charge in [-0.25, -0.2) is 9.59 Å². The molecule has 7 heteroatoms. The van der Waals surface area contributed by atoms with Crippen LogP contribution >= 0.6 is 0 Å². The average molecular weight is 429 g/mol. The number of nitrogens with one attached hydrogen (secondary N) is 1. The molecule has 1 amide bonds. The molecule has 0 atom stereocenters. The van der Waals surface area contributed by atoms with Crippen LogP contribution in [-0.2, 0) is 11.3 Å². The summed E-state index contributed by atoms with van der Waals surface area (Å²) in [4.78, 5) is 36.8. The van der Waals surface area contributed by atoms with Crippen LogP contribution in [0.4, 0.5) is 0 Å². The van der Waals surface area contributed by atoms with Crippen LogP contribution in [0.5, 0.6) is 11.5 Å². The van der Waals surface area contributed by atoms with Crippen LogP contribution in [0.2, 0.25) is 0 Å². The smallest absolute Gasteiger partial charge is 0.349 e. The molecular weight excluding hydrogens is 410 g/mol. The topological polar surface area (TPSA) is 94.8 Å². The normalized spacial score (nSPS) is 10.5. The van der Waals surface area contributed by atoms with E-state index in [1.165, 1.54) is 12.1 Å². The van der Waals surface area contributed by atoms with Crippen LogP contribution in [0.25, 0.3) is 11.0 Å². The molecule has 1 N–H and O–H groups in total. The maximum absolute atomic E-state index is 12.4. The van der Waals surface area contributed by atoms with E-state index < -0.39 is 17.5 Å². The molecule has 7 nitrogen and oxygen atoms in total. The van der Waals surface area contributed by atoms with Gasteiger partial charge in [-0.2, -0.15) is 0 Å². The van der Waals surface area contributed by atoms with Gasteiger partial charge in [0.25, 0.3) is 5.91 Å². The minimum absolute atomic E-state index is 0.102. The first-order valence-electron chi connectivity index (χ1n) is 9.87. The molecule has 4 rings (SSSR count). The van der Waals surface area contributed by atoms with E-state index >= 15 is 0 Å². The summed E-state index contributed by atoms with van der Waals surface area (Å²) >= 11 is 0. The molecule has 3 aromatic carbocycles. The molecule has 32 heavy (non-hydrogen) atoms. The lowest BCUT2D eigenvalue weighted by Gasteiger charge is -2.08. The number of fused-ring (bicyclic) bond motifs is 1. The lowest BCUT2D eigenvalue weighted by Crippen LogP contribution is -2.27. The molecule has 0 bridgehead atoms. The molecule has 0 aliphatic carbocycles. The van der Waals surface area contributed by atoms with Crippen LogP contribution in [0.1, 0.15) is 15.9 Å². The Kier molecular flexibility index (Phi) is 6.27. The van der Waals surface area contributed by atoms with Crippen LogP contribution in [0.3, 0.4) is 0 Å². The largest absolute Gasteiger partial charge is 0.482 e. The predicted octanol–water partition coefficient (Wildman–Crippen LogP) is 3.71. The number of hydrogen-bond acceptors (Lipinski definition) is 6. The van der Waals surface area contributed by atoms with E-state index in [1.54, 1.807) is 36.4 Å². The van der Waals surface area contributed by atoms with Gasteiger partial charge in [0.15, 0.2) is 6.61 Å². The number of para-hydroxylation sites is 1. The molecule has 0 saturated carbocycles. The standard InChI is InChI=1S/C25H19NO6/c27-23(16-30-19-9-5-2-6-10-19)31-20-12-11-18-13-21(25(29)32-22(18)14-20)24(28)26-15-17-7-3-1-4-8-17/h1-14H,15-16H2,(H,26,28). The van der Waals surface area contributed by atoms with Gasteiger partial charge in [0, 0.05) is 18.0 Å². The number of rotatable bonds is 7. The highest BCUT2D eigenvalue weighted by molar-refractivity contribution is 5.96. The summed E-state index contributed by atoms with van der Waals surface area (Å²) in [6.45, 7) is 0.0175. The Balaban J connectivity index is 1.42. The minimum Gasteiger partial charge on any atom is -0.482 e. The first-order valence-corrected chi connectivity index (χ1v) is 9.87. The van der Waals surface area contributed by atoms with Crippen LogP contribution in [0.15, 0.2) is 94.1 Å². The van der Waals surface area contributed by atoms with Crippen molar-refractivity contribution in [1.82, 2.24) is 5.32 Å². The van der Waals surface area contributed by atoms with Crippen molar-refractivity contribution in [2.24, 2.45) is 0 Å². The molecule has 1 aromatic heterocycles. The third-order valence-electron chi connectivity index (χ3n) is 4.58. The first-order chi connectivity index (χ1) is 15.6. The summed E-state index contributed by atoms with van der Waals surface area (Å²) in [5.74, 6) is -0.388. The Morgan fingerprint density at radius 2 is 1.56 bits per heavy atom. The molecule has 0 aliphatic heterocycles. The van der Waals surface area contributed by atoms with Crippen molar-refractivity contribution in [1.29, 1.82) is 0 Å². The highest BCUT2D eigenvalue weighted by Gasteiger charge is 2.15. The molecule has 0 saturated heterocycles. The summed E-state index contributed by atoms with van der Waals surface area (Å²) in [5.41, 5.74) is 0.228. The van der Waals surface area contributed by atoms with Crippen LogP contribution < -0.4 is 20.4 Å². The van der Waals surface area contributed by atoms with Crippen LogP contribution in [-0.4, -0.2) is 18.5 Å². The van der Waals surface area contributed by atoms with E-state index in [2.05, 4.69) is 5.32 Å². The third-order valence-corrected chi connectivity index (χ3v) is 4.58. The van der Waals surface area contributed by atoms with Crippen molar-refractivity contribution in [3.8, 4) is 11.5 Å². The van der Waals surface area contributed by atoms with Gasteiger partial charge in [-0.05, 0) is 35.9 Å². The number of esters is 1. The van der Waals surface area contributed by atoms with E-state index in [9.17, 15) is 14.4 Å². The Morgan fingerprint density at radius 1 is 0.844 bits per heavy atom. The number of benzene rings is 3. The third kappa shape index (κ3) is 5.20. The Bertz CT molecular complexity index is 1300. The van der Waals surface area contributed by atoms with Gasteiger partial charge in [-0.15, -0.1) is 0 Å². The molecule has 1 heterocycles. The maximum Gasteiger partial charge on any atom is 0.349 e. The average Bonchev–Trinajstić information content (AvgIpc) is 2.82. The second-order valence-corrected chi connectivity index (χ2v) is 6.89. The van der Waals surface area contributed by atoms with E-state index in [0.29, 0.717) is 11.1 Å². The van der Waals surface area contributed by atoms with Gasteiger partial charge < -0.3 is 19.2 Å². The van der Waals surface area contributed by atoms with Gasteiger partial charge in [-0.3, -0.25) is 4.79 Å². The van der Waals surface area contributed by atoms with Crippen molar-refractivity contribution in [3.05, 3.63) is 106 Å².